The van der Waals surface area contributed by atoms with E-state index in [0.29, 0.717) is 5.92 Å². The number of H-pyrrole nitrogens is 1. The van der Waals surface area contributed by atoms with Crippen LogP contribution in [0.2, 0.25) is 0 Å². The molecule has 0 amide bonds. The van der Waals surface area contributed by atoms with E-state index in [1.807, 2.05) is 6.20 Å². The third-order valence-corrected chi connectivity index (χ3v) is 4.47. The quantitative estimate of drug-likeness (QED) is 0.826. The molecule has 1 saturated carbocycles. The molecule has 1 aromatic heterocycles. The van der Waals surface area contributed by atoms with E-state index in [1.54, 1.807) is 0 Å². The highest BCUT2D eigenvalue weighted by Crippen LogP contribution is 2.38. The molecule has 0 bridgehead atoms. The van der Waals surface area contributed by atoms with E-state index in [9.17, 15) is 0 Å². The van der Waals surface area contributed by atoms with Gasteiger partial charge < -0.3 is 4.98 Å². The molecule has 1 fully saturated rings. The number of halogens is 1. The Morgan fingerprint density at radius 3 is 3.00 bits per heavy atom. The molecule has 1 heterocycles. The van der Waals surface area contributed by atoms with Crippen molar-refractivity contribution in [3.8, 4) is 0 Å². The Bertz CT molecular complexity index is 402. The van der Waals surface area contributed by atoms with Crippen molar-refractivity contribution in [2.75, 3.05) is 0 Å². The maximum atomic E-state index is 5.19. The summed E-state index contributed by atoms with van der Waals surface area (Å²) in [5.74, 6) is 2.53. The van der Waals surface area contributed by atoms with Crippen LogP contribution in [0.3, 0.4) is 0 Å². The van der Waals surface area contributed by atoms with Crippen molar-refractivity contribution < 1.29 is 0 Å². The number of hydrogen-bond acceptors (Lipinski definition) is 2. The molecule has 0 aromatic carbocycles. The lowest BCUT2D eigenvalue weighted by Crippen LogP contribution is -2.01. The first kappa shape index (κ1) is 11.3. The van der Waals surface area contributed by atoms with Gasteiger partial charge in [0.25, 0.3) is 0 Å². The second-order valence-corrected chi connectivity index (χ2v) is 5.49. The zero-order valence-electron chi connectivity index (χ0n) is 8.79. The molecule has 1 aliphatic carbocycles. The summed E-state index contributed by atoms with van der Waals surface area (Å²) in [6, 6.07) is 0. The van der Waals surface area contributed by atoms with Crippen molar-refractivity contribution in [3.63, 3.8) is 0 Å². The van der Waals surface area contributed by atoms with E-state index in [-0.39, 0.29) is 0 Å². The number of aromatic amines is 1. The summed E-state index contributed by atoms with van der Waals surface area (Å²) in [5, 5.41) is 0. The second kappa shape index (κ2) is 4.74. The monoisotopic (exact) mass is 286 g/mol. The Kier molecular flexibility index (Phi) is 3.57. The SMILES string of the molecule is CCC1CCC(c2ncc(Br)c(=S)[nH]2)C1. The maximum Gasteiger partial charge on any atom is 0.120 e. The van der Waals surface area contributed by atoms with Crippen molar-refractivity contribution in [3.05, 3.63) is 21.1 Å². The molecule has 0 spiro atoms. The maximum absolute atomic E-state index is 5.19. The van der Waals surface area contributed by atoms with E-state index in [0.717, 1.165) is 20.9 Å². The summed E-state index contributed by atoms with van der Waals surface area (Å²) in [7, 11) is 0. The summed E-state index contributed by atoms with van der Waals surface area (Å²) in [6.07, 6.45) is 6.94. The smallest absolute Gasteiger partial charge is 0.120 e. The Hall–Kier alpha value is -0.220. The second-order valence-electron chi connectivity index (χ2n) is 4.23. The number of nitrogens with zero attached hydrogens (tertiary/aromatic N) is 1. The first-order valence-electron chi connectivity index (χ1n) is 5.45. The fourth-order valence-electron chi connectivity index (χ4n) is 2.29. The van der Waals surface area contributed by atoms with Gasteiger partial charge in [-0.25, -0.2) is 4.98 Å². The number of hydrogen-bond donors (Lipinski definition) is 1. The standard InChI is InChI=1S/C11H15BrN2S/c1-2-7-3-4-8(5-7)10-13-6-9(12)11(15)14-10/h6-8H,2-5H2,1H3,(H,13,14,15). The van der Waals surface area contributed by atoms with E-state index in [4.69, 9.17) is 12.2 Å². The van der Waals surface area contributed by atoms with Gasteiger partial charge in [-0.3, -0.25) is 0 Å². The van der Waals surface area contributed by atoms with E-state index in [2.05, 4.69) is 32.8 Å². The number of rotatable bonds is 2. The predicted octanol–water partition coefficient (Wildman–Crippen LogP) is 4.20. The summed E-state index contributed by atoms with van der Waals surface area (Å²) < 4.78 is 1.64. The van der Waals surface area contributed by atoms with Gasteiger partial charge in [-0.1, -0.05) is 25.6 Å². The lowest BCUT2D eigenvalue weighted by Gasteiger charge is -2.09. The summed E-state index contributed by atoms with van der Waals surface area (Å²) in [5.41, 5.74) is 0. The normalized spacial score (nSPS) is 25.7. The molecule has 2 rings (SSSR count). The van der Waals surface area contributed by atoms with Crippen LogP contribution in [0.1, 0.15) is 44.3 Å². The van der Waals surface area contributed by atoms with Gasteiger partial charge in [-0.05, 0) is 41.1 Å². The molecule has 4 heteroatoms. The van der Waals surface area contributed by atoms with Crippen LogP contribution in [0.4, 0.5) is 0 Å². The Balaban J connectivity index is 2.17. The van der Waals surface area contributed by atoms with Crippen LogP contribution in [0.25, 0.3) is 0 Å². The van der Waals surface area contributed by atoms with Crippen LogP contribution in [-0.2, 0) is 0 Å². The van der Waals surface area contributed by atoms with Crippen molar-refractivity contribution >= 4 is 28.1 Å². The molecular formula is C11H15BrN2S. The molecule has 2 unspecified atom stereocenters. The van der Waals surface area contributed by atoms with Crippen molar-refractivity contribution in [1.82, 2.24) is 9.97 Å². The minimum absolute atomic E-state index is 0.588. The van der Waals surface area contributed by atoms with Crippen LogP contribution in [0.5, 0.6) is 0 Å². The van der Waals surface area contributed by atoms with Gasteiger partial charge in [0, 0.05) is 12.1 Å². The highest BCUT2D eigenvalue weighted by molar-refractivity contribution is 9.10. The van der Waals surface area contributed by atoms with Gasteiger partial charge in [0.2, 0.25) is 0 Å². The minimum Gasteiger partial charge on any atom is -0.334 e. The first-order chi connectivity index (χ1) is 7.20. The van der Waals surface area contributed by atoms with Crippen molar-refractivity contribution in [2.24, 2.45) is 5.92 Å². The number of nitrogens with one attached hydrogen (secondary N) is 1. The highest BCUT2D eigenvalue weighted by atomic mass is 79.9. The van der Waals surface area contributed by atoms with Crippen LogP contribution >= 0.6 is 28.1 Å². The molecule has 82 valence electrons. The fraction of sp³-hybridized carbons (Fsp3) is 0.636. The predicted molar refractivity (Wildman–Crippen MR) is 67.5 cm³/mol. The van der Waals surface area contributed by atoms with E-state index < -0.39 is 0 Å². The lowest BCUT2D eigenvalue weighted by atomic mass is 10.0. The van der Waals surface area contributed by atoms with Crippen molar-refractivity contribution in [2.45, 2.75) is 38.5 Å². The van der Waals surface area contributed by atoms with Gasteiger partial charge in [0.15, 0.2) is 0 Å². The van der Waals surface area contributed by atoms with Crippen LogP contribution in [0.15, 0.2) is 10.7 Å². The molecular weight excluding hydrogens is 272 g/mol. The fourth-order valence-corrected chi connectivity index (χ4v) is 2.65. The van der Waals surface area contributed by atoms with Crippen LogP contribution in [0, 0.1) is 10.6 Å². The van der Waals surface area contributed by atoms with E-state index in [1.165, 1.54) is 25.7 Å². The van der Waals surface area contributed by atoms with Gasteiger partial charge in [-0.15, -0.1) is 0 Å². The molecule has 1 N–H and O–H groups in total. The Morgan fingerprint density at radius 1 is 1.60 bits per heavy atom. The zero-order valence-corrected chi connectivity index (χ0v) is 11.2. The first-order valence-corrected chi connectivity index (χ1v) is 6.65. The van der Waals surface area contributed by atoms with Gasteiger partial charge >= 0.3 is 0 Å². The summed E-state index contributed by atoms with van der Waals surface area (Å²) in [4.78, 5) is 7.64. The van der Waals surface area contributed by atoms with Crippen LogP contribution in [-0.4, -0.2) is 9.97 Å². The van der Waals surface area contributed by atoms with Gasteiger partial charge in [0.05, 0.1) is 4.47 Å². The molecule has 0 radical (unpaired) electrons. The molecule has 2 nitrogen and oxygen atoms in total. The summed E-state index contributed by atoms with van der Waals surface area (Å²) in [6.45, 7) is 2.27. The Morgan fingerprint density at radius 2 is 2.40 bits per heavy atom. The van der Waals surface area contributed by atoms with Crippen molar-refractivity contribution in [1.29, 1.82) is 0 Å². The number of aromatic nitrogens is 2. The third-order valence-electron chi connectivity index (χ3n) is 3.28. The topological polar surface area (TPSA) is 28.7 Å². The Labute approximate surface area is 104 Å². The molecule has 0 aliphatic heterocycles. The molecule has 0 saturated heterocycles. The average Bonchev–Trinajstić information content (AvgIpc) is 2.70. The lowest BCUT2D eigenvalue weighted by molar-refractivity contribution is 0.516. The third kappa shape index (κ3) is 2.48. The largest absolute Gasteiger partial charge is 0.334 e. The molecule has 2 atom stereocenters. The molecule has 1 aliphatic rings. The minimum atomic E-state index is 0.588. The van der Waals surface area contributed by atoms with E-state index >= 15 is 0 Å². The van der Waals surface area contributed by atoms with Gasteiger partial charge in [-0.2, -0.15) is 0 Å². The van der Waals surface area contributed by atoms with Gasteiger partial charge in [0.1, 0.15) is 10.5 Å². The summed E-state index contributed by atoms with van der Waals surface area (Å²) >= 11 is 8.56. The average molecular weight is 287 g/mol. The van der Waals surface area contributed by atoms with Crippen LogP contribution < -0.4 is 0 Å². The molecule has 1 aromatic rings. The zero-order chi connectivity index (χ0) is 10.8. The highest BCUT2D eigenvalue weighted by Gasteiger charge is 2.25. The molecule has 15 heavy (non-hydrogen) atoms.